The summed E-state index contributed by atoms with van der Waals surface area (Å²) in [5, 5.41) is 7.08. The first-order valence-corrected chi connectivity index (χ1v) is 4.97. The molecule has 14 heavy (non-hydrogen) atoms. The van der Waals surface area contributed by atoms with Gasteiger partial charge < -0.3 is 14.7 Å². The highest BCUT2D eigenvalue weighted by atomic mass is 16.5. The van der Waals surface area contributed by atoms with E-state index in [2.05, 4.69) is 22.4 Å². The van der Waals surface area contributed by atoms with Gasteiger partial charge in [-0.25, -0.2) is 0 Å². The third-order valence-corrected chi connectivity index (χ3v) is 2.08. The van der Waals surface area contributed by atoms with E-state index in [9.17, 15) is 0 Å². The molecule has 1 aromatic rings. The Labute approximate surface area is 85.3 Å². The van der Waals surface area contributed by atoms with Gasteiger partial charge in [-0.2, -0.15) is 0 Å². The summed E-state index contributed by atoms with van der Waals surface area (Å²) in [5.74, 6) is 0.878. The Morgan fingerprint density at radius 2 is 2.36 bits per heavy atom. The molecule has 1 N–H and O–H groups in total. The van der Waals surface area contributed by atoms with Gasteiger partial charge in [-0.3, -0.25) is 0 Å². The third-order valence-electron chi connectivity index (χ3n) is 2.08. The molecule has 0 atom stereocenters. The molecule has 0 amide bonds. The summed E-state index contributed by atoms with van der Waals surface area (Å²) in [6.45, 7) is 4.91. The maximum Gasteiger partial charge on any atom is 0.133 e. The molecule has 0 saturated heterocycles. The van der Waals surface area contributed by atoms with Crippen molar-refractivity contribution in [2.24, 2.45) is 0 Å². The van der Waals surface area contributed by atoms with Crippen molar-refractivity contribution in [3.63, 3.8) is 0 Å². The lowest BCUT2D eigenvalue weighted by atomic mass is 10.3. The van der Waals surface area contributed by atoms with Crippen LogP contribution in [0.5, 0.6) is 0 Å². The lowest BCUT2D eigenvalue weighted by Gasteiger charge is -2.14. The fraction of sp³-hybridized carbons (Fsp3) is 0.700. The molecular weight excluding hydrogens is 178 g/mol. The van der Waals surface area contributed by atoms with Crippen molar-refractivity contribution in [1.82, 2.24) is 15.4 Å². The first kappa shape index (κ1) is 11.2. The highest BCUT2D eigenvalue weighted by Crippen LogP contribution is 2.04. The second-order valence-corrected chi connectivity index (χ2v) is 3.62. The van der Waals surface area contributed by atoms with Gasteiger partial charge in [0, 0.05) is 12.6 Å². The normalized spacial score (nSPS) is 11.1. The van der Waals surface area contributed by atoms with Gasteiger partial charge in [0.1, 0.15) is 5.76 Å². The van der Waals surface area contributed by atoms with E-state index in [1.54, 1.807) is 0 Å². The number of rotatable bonds is 6. The van der Waals surface area contributed by atoms with Crippen LogP contribution < -0.4 is 5.32 Å². The van der Waals surface area contributed by atoms with Gasteiger partial charge in [-0.15, -0.1) is 0 Å². The van der Waals surface area contributed by atoms with Crippen molar-refractivity contribution in [2.45, 2.75) is 19.9 Å². The van der Waals surface area contributed by atoms with E-state index in [-0.39, 0.29) is 0 Å². The van der Waals surface area contributed by atoms with E-state index in [1.807, 2.05) is 20.0 Å². The standard InChI is InChI=1S/C10H19N3O/c1-9-7-10(12-14-9)8-13(3)6-4-5-11-2/h7,11H,4-6,8H2,1-3H3. The van der Waals surface area contributed by atoms with E-state index in [0.717, 1.165) is 37.5 Å². The van der Waals surface area contributed by atoms with Crippen LogP contribution in [-0.4, -0.2) is 37.2 Å². The van der Waals surface area contributed by atoms with Gasteiger partial charge in [0.25, 0.3) is 0 Å². The molecule has 4 heteroatoms. The van der Waals surface area contributed by atoms with Crippen LogP contribution in [0.1, 0.15) is 17.9 Å². The van der Waals surface area contributed by atoms with Crippen molar-refractivity contribution >= 4 is 0 Å². The zero-order valence-corrected chi connectivity index (χ0v) is 9.21. The van der Waals surface area contributed by atoms with E-state index in [1.165, 1.54) is 0 Å². The number of hydrogen-bond acceptors (Lipinski definition) is 4. The molecule has 0 saturated carbocycles. The second kappa shape index (κ2) is 5.78. The van der Waals surface area contributed by atoms with Crippen LogP contribution in [0.25, 0.3) is 0 Å². The minimum atomic E-state index is 0.862. The molecule has 80 valence electrons. The molecule has 0 radical (unpaired) electrons. The molecule has 0 aromatic carbocycles. The first-order chi connectivity index (χ1) is 6.72. The zero-order valence-electron chi connectivity index (χ0n) is 9.21. The number of aromatic nitrogens is 1. The molecule has 0 fully saturated rings. The summed E-state index contributed by atoms with van der Waals surface area (Å²) in [6.07, 6.45) is 1.16. The van der Waals surface area contributed by atoms with Gasteiger partial charge in [0.15, 0.2) is 0 Å². The maximum absolute atomic E-state index is 5.00. The van der Waals surface area contributed by atoms with Gasteiger partial charge >= 0.3 is 0 Å². The molecular formula is C10H19N3O. The van der Waals surface area contributed by atoms with Gasteiger partial charge in [0.05, 0.1) is 5.69 Å². The summed E-state index contributed by atoms with van der Waals surface area (Å²) in [4.78, 5) is 2.24. The van der Waals surface area contributed by atoms with Gasteiger partial charge in [-0.05, 0) is 40.5 Å². The van der Waals surface area contributed by atoms with Crippen LogP contribution >= 0.6 is 0 Å². The number of hydrogen-bond donors (Lipinski definition) is 1. The van der Waals surface area contributed by atoms with E-state index in [4.69, 9.17) is 4.52 Å². The number of aryl methyl sites for hydroxylation is 1. The summed E-state index contributed by atoms with van der Waals surface area (Å²) in [7, 11) is 4.07. The molecule has 1 aromatic heterocycles. The van der Waals surface area contributed by atoms with Gasteiger partial charge in [0.2, 0.25) is 0 Å². The van der Waals surface area contributed by atoms with Crippen LogP contribution in [0.3, 0.4) is 0 Å². The maximum atomic E-state index is 5.00. The smallest absolute Gasteiger partial charge is 0.133 e. The quantitative estimate of drug-likeness (QED) is 0.691. The molecule has 0 aliphatic heterocycles. The van der Waals surface area contributed by atoms with Crippen molar-refractivity contribution in [1.29, 1.82) is 0 Å². The average molecular weight is 197 g/mol. The Balaban J connectivity index is 2.23. The van der Waals surface area contributed by atoms with E-state index < -0.39 is 0 Å². The van der Waals surface area contributed by atoms with Gasteiger partial charge in [-0.1, -0.05) is 5.16 Å². The minimum absolute atomic E-state index is 0.862. The summed E-state index contributed by atoms with van der Waals surface area (Å²) in [6, 6.07) is 1.98. The predicted octanol–water partition coefficient (Wildman–Crippen LogP) is 1.02. The Morgan fingerprint density at radius 1 is 1.57 bits per heavy atom. The minimum Gasteiger partial charge on any atom is -0.361 e. The zero-order chi connectivity index (χ0) is 10.4. The number of nitrogens with zero attached hydrogens (tertiary/aromatic N) is 2. The van der Waals surface area contributed by atoms with Crippen LogP contribution in [0.15, 0.2) is 10.6 Å². The number of nitrogens with one attached hydrogen (secondary N) is 1. The average Bonchev–Trinajstić information content (AvgIpc) is 2.52. The lowest BCUT2D eigenvalue weighted by Crippen LogP contribution is -2.22. The topological polar surface area (TPSA) is 41.3 Å². The second-order valence-electron chi connectivity index (χ2n) is 3.62. The first-order valence-electron chi connectivity index (χ1n) is 4.97. The van der Waals surface area contributed by atoms with E-state index >= 15 is 0 Å². The molecule has 0 unspecified atom stereocenters. The highest BCUT2D eigenvalue weighted by molar-refractivity contribution is 5.02. The molecule has 1 heterocycles. The molecule has 1 rings (SSSR count). The Hall–Kier alpha value is -0.870. The van der Waals surface area contributed by atoms with Crippen molar-refractivity contribution in [2.75, 3.05) is 27.2 Å². The Kier molecular flexibility index (Phi) is 4.62. The summed E-state index contributed by atoms with van der Waals surface area (Å²) in [5.41, 5.74) is 1.01. The predicted molar refractivity (Wildman–Crippen MR) is 56.1 cm³/mol. The van der Waals surface area contributed by atoms with Crippen molar-refractivity contribution in [3.05, 3.63) is 17.5 Å². The highest BCUT2D eigenvalue weighted by Gasteiger charge is 2.03. The SMILES string of the molecule is CNCCCN(C)Cc1cc(C)on1. The summed E-state index contributed by atoms with van der Waals surface area (Å²) < 4.78 is 5.00. The summed E-state index contributed by atoms with van der Waals surface area (Å²) >= 11 is 0. The Morgan fingerprint density at radius 3 is 2.93 bits per heavy atom. The fourth-order valence-corrected chi connectivity index (χ4v) is 1.37. The van der Waals surface area contributed by atoms with Crippen LogP contribution in [-0.2, 0) is 6.54 Å². The molecule has 0 aliphatic carbocycles. The van der Waals surface area contributed by atoms with Crippen LogP contribution in [0.4, 0.5) is 0 Å². The third kappa shape index (κ3) is 3.89. The van der Waals surface area contributed by atoms with E-state index in [0.29, 0.717) is 0 Å². The Bertz CT molecular complexity index is 260. The molecule has 4 nitrogen and oxygen atoms in total. The molecule has 0 aliphatic rings. The largest absolute Gasteiger partial charge is 0.361 e. The van der Waals surface area contributed by atoms with Crippen molar-refractivity contribution in [3.8, 4) is 0 Å². The lowest BCUT2D eigenvalue weighted by molar-refractivity contribution is 0.304. The fourth-order valence-electron chi connectivity index (χ4n) is 1.37. The van der Waals surface area contributed by atoms with Crippen LogP contribution in [0.2, 0.25) is 0 Å². The monoisotopic (exact) mass is 197 g/mol. The van der Waals surface area contributed by atoms with Crippen molar-refractivity contribution < 1.29 is 4.52 Å². The molecule has 0 bridgehead atoms. The van der Waals surface area contributed by atoms with Crippen LogP contribution in [0, 0.1) is 6.92 Å². The molecule has 0 spiro atoms.